The summed E-state index contributed by atoms with van der Waals surface area (Å²) in [5.41, 5.74) is 0.0315. The third-order valence-corrected chi connectivity index (χ3v) is 3.50. The second-order valence-electron chi connectivity index (χ2n) is 4.09. The topological polar surface area (TPSA) is 55.1 Å². The van der Waals surface area contributed by atoms with Crippen LogP contribution in [0.1, 0.15) is 10.5 Å². The van der Waals surface area contributed by atoms with E-state index in [0.717, 1.165) is 12.1 Å². The molecule has 2 aromatic heterocycles. The Balaban J connectivity index is 1.79. The van der Waals surface area contributed by atoms with Crippen LogP contribution >= 0.6 is 11.3 Å². The quantitative estimate of drug-likeness (QED) is 0.797. The molecule has 0 fully saturated rings. The summed E-state index contributed by atoms with van der Waals surface area (Å²) in [4.78, 5) is 16.1. The van der Waals surface area contributed by atoms with E-state index < -0.39 is 17.5 Å². The fraction of sp³-hybridized carbons (Fsp3) is 0. The van der Waals surface area contributed by atoms with Crippen LogP contribution in [0.5, 0.6) is 0 Å². The summed E-state index contributed by atoms with van der Waals surface area (Å²) in [5.74, 6) is -1.58. The van der Waals surface area contributed by atoms with Gasteiger partial charge in [0.2, 0.25) is 0 Å². The van der Waals surface area contributed by atoms with Crippen molar-refractivity contribution in [1.29, 1.82) is 0 Å². The van der Waals surface area contributed by atoms with Crippen LogP contribution < -0.4 is 5.32 Å². The molecule has 7 heteroatoms. The highest BCUT2D eigenvalue weighted by Gasteiger charge is 2.15. The zero-order chi connectivity index (χ0) is 14.8. The summed E-state index contributed by atoms with van der Waals surface area (Å²) >= 11 is 1.23. The Morgan fingerprint density at radius 2 is 2.14 bits per heavy atom. The maximum absolute atomic E-state index is 13.5. The second kappa shape index (κ2) is 5.45. The minimum atomic E-state index is -0.843. The van der Waals surface area contributed by atoms with Gasteiger partial charge < -0.3 is 9.73 Å². The van der Waals surface area contributed by atoms with Crippen molar-refractivity contribution in [2.45, 2.75) is 0 Å². The standard InChI is InChI=1S/C14H8F2N2O2S/c15-8-3-4-10(9(16)6-8)17-13(19)11-7-21-14(18-11)12-2-1-5-20-12/h1-7H,(H,17,19). The number of nitrogens with one attached hydrogen (secondary N) is 1. The van der Waals surface area contributed by atoms with E-state index in [-0.39, 0.29) is 11.4 Å². The van der Waals surface area contributed by atoms with Crippen molar-refractivity contribution in [2.24, 2.45) is 0 Å². The van der Waals surface area contributed by atoms with E-state index in [1.807, 2.05) is 0 Å². The number of thiazole rings is 1. The third-order valence-electron chi connectivity index (χ3n) is 2.65. The minimum absolute atomic E-state index is 0.103. The van der Waals surface area contributed by atoms with E-state index >= 15 is 0 Å². The Morgan fingerprint density at radius 3 is 2.86 bits per heavy atom. The molecule has 1 N–H and O–H groups in total. The molecule has 0 atom stereocenters. The van der Waals surface area contributed by atoms with Crippen LogP contribution in [0.4, 0.5) is 14.5 Å². The highest BCUT2D eigenvalue weighted by atomic mass is 32.1. The van der Waals surface area contributed by atoms with Crippen LogP contribution in [-0.4, -0.2) is 10.9 Å². The van der Waals surface area contributed by atoms with Gasteiger partial charge in [0.1, 0.15) is 17.3 Å². The van der Waals surface area contributed by atoms with Crippen LogP contribution in [0, 0.1) is 11.6 Å². The molecule has 21 heavy (non-hydrogen) atoms. The van der Waals surface area contributed by atoms with Gasteiger partial charge in [-0.1, -0.05) is 0 Å². The highest BCUT2D eigenvalue weighted by molar-refractivity contribution is 7.13. The lowest BCUT2D eigenvalue weighted by Gasteiger charge is -2.04. The lowest BCUT2D eigenvalue weighted by atomic mass is 10.3. The van der Waals surface area contributed by atoms with E-state index in [1.54, 1.807) is 12.1 Å². The van der Waals surface area contributed by atoms with Crippen LogP contribution in [0.25, 0.3) is 10.8 Å². The summed E-state index contributed by atoms with van der Waals surface area (Å²) in [5, 5.41) is 4.43. The van der Waals surface area contributed by atoms with E-state index in [0.29, 0.717) is 16.8 Å². The van der Waals surface area contributed by atoms with Crippen LogP contribution in [0.2, 0.25) is 0 Å². The number of carbonyl (C=O) groups is 1. The number of aromatic nitrogens is 1. The van der Waals surface area contributed by atoms with Gasteiger partial charge in [-0.05, 0) is 24.3 Å². The molecular weight excluding hydrogens is 298 g/mol. The van der Waals surface area contributed by atoms with Gasteiger partial charge in [-0.15, -0.1) is 11.3 Å². The van der Waals surface area contributed by atoms with Gasteiger partial charge in [0.25, 0.3) is 5.91 Å². The number of anilines is 1. The van der Waals surface area contributed by atoms with Gasteiger partial charge in [0.05, 0.1) is 12.0 Å². The maximum atomic E-state index is 13.5. The number of furan rings is 1. The van der Waals surface area contributed by atoms with E-state index in [9.17, 15) is 13.6 Å². The molecule has 0 saturated carbocycles. The fourth-order valence-corrected chi connectivity index (χ4v) is 2.44. The number of benzene rings is 1. The van der Waals surface area contributed by atoms with E-state index in [2.05, 4.69) is 10.3 Å². The average molecular weight is 306 g/mol. The number of hydrogen-bond donors (Lipinski definition) is 1. The van der Waals surface area contributed by atoms with E-state index in [1.165, 1.54) is 23.0 Å². The molecular formula is C14H8F2N2O2S. The summed E-state index contributed by atoms with van der Waals surface area (Å²) < 4.78 is 31.4. The number of halogens is 2. The van der Waals surface area contributed by atoms with Gasteiger partial charge in [-0.3, -0.25) is 4.79 Å². The van der Waals surface area contributed by atoms with Gasteiger partial charge in [0.15, 0.2) is 10.8 Å². The van der Waals surface area contributed by atoms with Crippen molar-refractivity contribution in [2.75, 3.05) is 5.32 Å². The number of hydrogen-bond acceptors (Lipinski definition) is 4. The first-order valence-corrected chi connectivity index (χ1v) is 6.77. The molecule has 0 aliphatic rings. The Labute approximate surface area is 122 Å². The summed E-state index contributed by atoms with van der Waals surface area (Å²) in [7, 11) is 0. The maximum Gasteiger partial charge on any atom is 0.275 e. The lowest BCUT2D eigenvalue weighted by molar-refractivity contribution is 0.102. The largest absolute Gasteiger partial charge is 0.462 e. The van der Waals surface area contributed by atoms with Crippen molar-refractivity contribution in [3.05, 3.63) is 59.3 Å². The molecule has 0 unspecified atom stereocenters. The molecule has 0 bridgehead atoms. The van der Waals surface area contributed by atoms with Crippen molar-refractivity contribution < 1.29 is 18.0 Å². The average Bonchev–Trinajstić information content (AvgIpc) is 3.10. The molecule has 2 heterocycles. The monoisotopic (exact) mass is 306 g/mol. The zero-order valence-corrected chi connectivity index (χ0v) is 11.3. The van der Waals surface area contributed by atoms with Crippen molar-refractivity contribution >= 4 is 22.9 Å². The predicted molar refractivity (Wildman–Crippen MR) is 74.1 cm³/mol. The highest BCUT2D eigenvalue weighted by Crippen LogP contribution is 2.24. The van der Waals surface area contributed by atoms with Crippen LogP contribution in [0.15, 0.2) is 46.4 Å². The molecule has 106 valence electrons. The Bertz CT molecular complexity index is 784. The second-order valence-corrected chi connectivity index (χ2v) is 4.95. The molecule has 0 aliphatic carbocycles. The summed E-state index contributed by atoms with van der Waals surface area (Å²) in [6, 6.07) is 6.35. The molecule has 1 amide bonds. The number of amides is 1. The normalized spacial score (nSPS) is 10.6. The molecule has 0 saturated heterocycles. The molecule has 0 radical (unpaired) electrons. The lowest BCUT2D eigenvalue weighted by Crippen LogP contribution is -2.13. The third kappa shape index (κ3) is 2.82. The van der Waals surface area contributed by atoms with Gasteiger partial charge in [-0.2, -0.15) is 0 Å². The van der Waals surface area contributed by atoms with Crippen molar-refractivity contribution in [3.8, 4) is 10.8 Å². The first kappa shape index (κ1) is 13.4. The molecule has 4 nitrogen and oxygen atoms in total. The van der Waals surface area contributed by atoms with Crippen molar-refractivity contribution in [3.63, 3.8) is 0 Å². The predicted octanol–water partition coefficient (Wildman–Crippen LogP) is 3.93. The zero-order valence-electron chi connectivity index (χ0n) is 10.5. The number of nitrogens with zero attached hydrogens (tertiary/aromatic N) is 1. The fourth-order valence-electron chi connectivity index (χ4n) is 1.67. The molecule has 1 aromatic carbocycles. The summed E-state index contributed by atoms with van der Waals surface area (Å²) in [6.45, 7) is 0. The van der Waals surface area contributed by atoms with Gasteiger partial charge in [-0.25, -0.2) is 13.8 Å². The minimum Gasteiger partial charge on any atom is -0.462 e. The van der Waals surface area contributed by atoms with Crippen LogP contribution in [0.3, 0.4) is 0 Å². The number of carbonyl (C=O) groups excluding carboxylic acids is 1. The molecule has 3 rings (SSSR count). The van der Waals surface area contributed by atoms with E-state index in [4.69, 9.17) is 4.42 Å². The Hall–Kier alpha value is -2.54. The Morgan fingerprint density at radius 1 is 1.29 bits per heavy atom. The number of rotatable bonds is 3. The first-order valence-electron chi connectivity index (χ1n) is 5.89. The molecule has 3 aromatic rings. The smallest absolute Gasteiger partial charge is 0.275 e. The first-order chi connectivity index (χ1) is 10.1. The molecule has 0 aliphatic heterocycles. The summed E-state index contributed by atoms with van der Waals surface area (Å²) in [6.07, 6.45) is 1.50. The molecule has 0 spiro atoms. The van der Waals surface area contributed by atoms with Crippen molar-refractivity contribution in [1.82, 2.24) is 4.98 Å². The Kier molecular flexibility index (Phi) is 3.49. The van der Waals surface area contributed by atoms with Gasteiger partial charge >= 0.3 is 0 Å². The van der Waals surface area contributed by atoms with Crippen LogP contribution in [-0.2, 0) is 0 Å². The van der Waals surface area contributed by atoms with Gasteiger partial charge in [0, 0.05) is 11.4 Å². The SMILES string of the molecule is O=C(Nc1ccc(F)cc1F)c1csc(-c2ccco2)n1.